The average Bonchev–Trinajstić information content (AvgIpc) is 3.17. The van der Waals surface area contributed by atoms with Gasteiger partial charge in [0.1, 0.15) is 12.4 Å². The molecule has 0 unspecified atom stereocenters. The van der Waals surface area contributed by atoms with E-state index in [2.05, 4.69) is 10.5 Å². The molecule has 2 amide bonds. The Morgan fingerprint density at radius 2 is 1.83 bits per heavy atom. The number of aromatic nitrogens is 1. The van der Waals surface area contributed by atoms with E-state index < -0.39 is 24.4 Å². The first-order valence-electron chi connectivity index (χ1n) is 10.5. The molecule has 0 saturated heterocycles. The average molecular weight is 479 g/mol. The number of esters is 1. The third-order valence-electron chi connectivity index (χ3n) is 4.95. The van der Waals surface area contributed by atoms with Crippen molar-refractivity contribution in [1.29, 1.82) is 0 Å². The van der Waals surface area contributed by atoms with Crippen LogP contribution in [-0.4, -0.2) is 36.7 Å². The third kappa shape index (κ3) is 6.94. The Hall–Kier alpha value is -4.60. The molecule has 0 saturated carbocycles. The molecule has 0 spiro atoms. The summed E-state index contributed by atoms with van der Waals surface area (Å²) in [6, 6.07) is 11.2. The molecule has 0 bridgehead atoms. The molecule has 1 heterocycles. The number of carbonyl (C=O) groups excluding carboxylic acids is 3. The van der Waals surface area contributed by atoms with Gasteiger partial charge < -0.3 is 29.8 Å². The maximum atomic E-state index is 12.0. The van der Waals surface area contributed by atoms with Gasteiger partial charge in [-0.1, -0.05) is 11.2 Å². The number of primary amides is 1. The second-order valence-corrected chi connectivity index (χ2v) is 7.43. The van der Waals surface area contributed by atoms with Crippen LogP contribution in [0.25, 0.3) is 6.08 Å². The highest BCUT2D eigenvalue weighted by Gasteiger charge is 2.12. The number of benzene rings is 2. The predicted molar refractivity (Wildman–Crippen MR) is 127 cm³/mol. The van der Waals surface area contributed by atoms with Crippen LogP contribution in [-0.2, 0) is 20.9 Å². The maximum Gasteiger partial charge on any atom is 0.331 e. The molecule has 3 N–H and O–H groups in total. The molecule has 0 aliphatic heterocycles. The summed E-state index contributed by atoms with van der Waals surface area (Å²) in [5.74, 6) is -0.0988. The lowest BCUT2D eigenvalue weighted by Crippen LogP contribution is -2.20. The topological polar surface area (TPSA) is 143 Å². The summed E-state index contributed by atoms with van der Waals surface area (Å²) in [6.07, 6.45) is 2.73. The van der Waals surface area contributed by atoms with E-state index in [0.717, 1.165) is 11.3 Å². The molecule has 3 rings (SSSR count). The Balaban J connectivity index is 1.51. The van der Waals surface area contributed by atoms with Gasteiger partial charge in [0.15, 0.2) is 18.1 Å². The van der Waals surface area contributed by atoms with Crippen molar-refractivity contribution in [2.45, 2.75) is 20.5 Å². The zero-order valence-electron chi connectivity index (χ0n) is 19.5. The van der Waals surface area contributed by atoms with Gasteiger partial charge in [-0.3, -0.25) is 9.59 Å². The first-order chi connectivity index (χ1) is 16.8. The zero-order chi connectivity index (χ0) is 25.4. The summed E-state index contributed by atoms with van der Waals surface area (Å²) in [6.45, 7) is 3.45. The van der Waals surface area contributed by atoms with E-state index in [9.17, 15) is 14.4 Å². The monoisotopic (exact) mass is 479 g/mol. The number of methoxy groups -OCH3 is 1. The molecule has 0 atom stereocenters. The molecular weight excluding hydrogens is 454 g/mol. The van der Waals surface area contributed by atoms with Gasteiger partial charge in [-0.2, -0.15) is 0 Å². The van der Waals surface area contributed by atoms with Crippen molar-refractivity contribution in [1.82, 2.24) is 5.16 Å². The van der Waals surface area contributed by atoms with E-state index in [-0.39, 0.29) is 6.61 Å². The standard InChI is InChI=1S/C25H25N3O7/c1-15-20(16(2)35-28-15)13-33-21-10-4-17(12-22(21)32-3)5-11-24(30)34-14-23(29)27-19-8-6-18(7-9-19)25(26)31/h4-12H,13-14H2,1-3H3,(H2,26,31)(H,27,29)/b11-5+. The van der Waals surface area contributed by atoms with Gasteiger partial charge in [-0.05, 0) is 61.9 Å². The van der Waals surface area contributed by atoms with Gasteiger partial charge in [0, 0.05) is 17.3 Å². The molecule has 0 fully saturated rings. The van der Waals surface area contributed by atoms with Gasteiger partial charge in [0.2, 0.25) is 5.91 Å². The Morgan fingerprint density at radius 3 is 2.46 bits per heavy atom. The fourth-order valence-electron chi connectivity index (χ4n) is 3.03. The maximum absolute atomic E-state index is 12.0. The lowest BCUT2D eigenvalue weighted by molar-refractivity contribution is -0.142. The Labute approximate surface area is 201 Å². The van der Waals surface area contributed by atoms with Crippen molar-refractivity contribution >= 4 is 29.5 Å². The first-order valence-corrected chi connectivity index (χ1v) is 10.5. The summed E-state index contributed by atoms with van der Waals surface area (Å²) in [7, 11) is 1.51. The van der Waals surface area contributed by atoms with Crippen molar-refractivity contribution < 1.29 is 33.1 Å². The largest absolute Gasteiger partial charge is 0.493 e. The van der Waals surface area contributed by atoms with E-state index >= 15 is 0 Å². The van der Waals surface area contributed by atoms with Gasteiger partial charge in [0.05, 0.1) is 18.4 Å². The summed E-state index contributed by atoms with van der Waals surface area (Å²) >= 11 is 0. The fraction of sp³-hybridized carbons (Fsp3) is 0.200. The van der Waals surface area contributed by atoms with Crippen molar-refractivity contribution in [2.24, 2.45) is 5.73 Å². The number of nitrogens with two attached hydrogens (primary N) is 1. The van der Waals surface area contributed by atoms with Crippen LogP contribution in [0.3, 0.4) is 0 Å². The molecule has 182 valence electrons. The fourth-order valence-corrected chi connectivity index (χ4v) is 3.03. The molecule has 0 radical (unpaired) electrons. The summed E-state index contributed by atoms with van der Waals surface area (Å²) in [5, 5.41) is 6.46. The number of amides is 2. The number of ether oxygens (including phenoxy) is 3. The van der Waals surface area contributed by atoms with E-state index in [1.54, 1.807) is 18.2 Å². The van der Waals surface area contributed by atoms with E-state index in [1.165, 1.54) is 43.5 Å². The minimum absolute atomic E-state index is 0.274. The van der Waals surface area contributed by atoms with Crippen LogP contribution in [0.4, 0.5) is 5.69 Å². The summed E-state index contributed by atoms with van der Waals surface area (Å²) < 4.78 is 21.3. The first kappa shape index (κ1) is 25.0. The van der Waals surface area contributed by atoms with Crippen molar-refractivity contribution in [3.63, 3.8) is 0 Å². The van der Waals surface area contributed by atoms with Crippen LogP contribution in [0.1, 0.15) is 32.9 Å². The highest BCUT2D eigenvalue weighted by atomic mass is 16.5. The predicted octanol–water partition coefficient (Wildman–Crippen LogP) is 3.17. The van der Waals surface area contributed by atoms with E-state index in [1.807, 2.05) is 13.8 Å². The quantitative estimate of drug-likeness (QED) is 0.333. The second kappa shape index (κ2) is 11.5. The number of anilines is 1. The minimum Gasteiger partial charge on any atom is -0.493 e. The molecule has 35 heavy (non-hydrogen) atoms. The molecule has 2 aromatic carbocycles. The molecule has 10 nitrogen and oxygen atoms in total. The summed E-state index contributed by atoms with van der Waals surface area (Å²) in [4.78, 5) is 35.1. The second-order valence-electron chi connectivity index (χ2n) is 7.43. The van der Waals surface area contributed by atoms with E-state index in [4.69, 9.17) is 24.5 Å². The van der Waals surface area contributed by atoms with Gasteiger partial charge in [-0.15, -0.1) is 0 Å². The Morgan fingerprint density at radius 1 is 1.09 bits per heavy atom. The van der Waals surface area contributed by atoms with Gasteiger partial charge in [0.25, 0.3) is 5.91 Å². The number of hydrogen-bond acceptors (Lipinski definition) is 8. The Bertz CT molecular complexity index is 1230. The van der Waals surface area contributed by atoms with Crippen molar-refractivity contribution in [3.8, 4) is 11.5 Å². The number of nitrogens with zero attached hydrogens (tertiary/aromatic N) is 1. The van der Waals surface area contributed by atoms with E-state index in [0.29, 0.717) is 34.1 Å². The van der Waals surface area contributed by atoms with Crippen LogP contribution in [0.5, 0.6) is 11.5 Å². The molecular formula is C25H25N3O7. The van der Waals surface area contributed by atoms with Crippen molar-refractivity contribution in [2.75, 3.05) is 19.0 Å². The lowest BCUT2D eigenvalue weighted by atomic mass is 10.2. The van der Waals surface area contributed by atoms with Crippen LogP contribution in [0, 0.1) is 13.8 Å². The third-order valence-corrected chi connectivity index (χ3v) is 4.95. The number of aryl methyl sites for hydroxylation is 2. The van der Waals surface area contributed by atoms with Gasteiger partial charge in [-0.25, -0.2) is 4.79 Å². The van der Waals surface area contributed by atoms with Crippen LogP contribution in [0.2, 0.25) is 0 Å². The number of carbonyl (C=O) groups is 3. The van der Waals surface area contributed by atoms with Crippen molar-refractivity contribution in [3.05, 3.63) is 76.7 Å². The Kier molecular flexibility index (Phi) is 8.23. The molecule has 10 heteroatoms. The SMILES string of the molecule is COc1cc(/C=C/C(=O)OCC(=O)Nc2ccc(C(N)=O)cc2)ccc1OCc1c(C)noc1C. The lowest BCUT2D eigenvalue weighted by Gasteiger charge is -2.11. The minimum atomic E-state index is -0.693. The smallest absolute Gasteiger partial charge is 0.331 e. The number of rotatable bonds is 10. The molecule has 0 aliphatic carbocycles. The van der Waals surface area contributed by atoms with Crippen LogP contribution < -0.4 is 20.5 Å². The van der Waals surface area contributed by atoms with Crippen LogP contribution >= 0.6 is 0 Å². The normalized spacial score (nSPS) is 10.7. The highest BCUT2D eigenvalue weighted by molar-refractivity contribution is 5.96. The number of nitrogens with one attached hydrogen (secondary N) is 1. The zero-order valence-corrected chi connectivity index (χ0v) is 19.5. The summed E-state index contributed by atoms with van der Waals surface area (Å²) in [5.41, 5.74) is 8.22. The van der Waals surface area contributed by atoms with Gasteiger partial charge >= 0.3 is 5.97 Å². The number of hydrogen-bond donors (Lipinski definition) is 2. The van der Waals surface area contributed by atoms with Crippen LogP contribution in [0.15, 0.2) is 53.1 Å². The molecule has 0 aliphatic rings. The highest BCUT2D eigenvalue weighted by Crippen LogP contribution is 2.30. The molecule has 1 aromatic heterocycles. The molecule has 3 aromatic rings.